The van der Waals surface area contributed by atoms with Crippen molar-refractivity contribution in [2.45, 2.75) is 243 Å². The Hall–Kier alpha value is -1.30. The highest BCUT2D eigenvalue weighted by Gasteiger charge is 2.44. The fraction of sp³-hybridized carbons (Fsp3) is 0.953. The van der Waals surface area contributed by atoms with E-state index in [9.17, 15) is 30.0 Å². The number of hydrogen-bond acceptors (Lipinski definition) is 10. The zero-order valence-electron chi connectivity index (χ0n) is 34.0. The Morgan fingerprint density at radius 2 is 0.887 bits per heavy atom. The van der Waals surface area contributed by atoms with E-state index in [-0.39, 0.29) is 32.0 Å². The molecule has 0 aromatic heterocycles. The molecule has 0 radical (unpaired) electrons. The zero-order chi connectivity index (χ0) is 38.8. The molecule has 10 nitrogen and oxygen atoms in total. The molecule has 1 heterocycles. The summed E-state index contributed by atoms with van der Waals surface area (Å²) in [6.45, 7) is 3.39. The maximum atomic E-state index is 12.7. The van der Waals surface area contributed by atoms with Gasteiger partial charge in [-0.05, 0) is 12.8 Å². The smallest absolute Gasteiger partial charge is 0.306 e. The van der Waals surface area contributed by atoms with Crippen molar-refractivity contribution < 1.29 is 49.0 Å². The van der Waals surface area contributed by atoms with Crippen molar-refractivity contribution in [3.05, 3.63) is 0 Å². The van der Waals surface area contributed by atoms with E-state index in [1.54, 1.807) is 0 Å². The Labute approximate surface area is 323 Å². The molecule has 0 aromatic carbocycles. The van der Waals surface area contributed by atoms with E-state index in [2.05, 4.69) is 13.8 Å². The third-order valence-electron chi connectivity index (χ3n) is 10.5. The summed E-state index contributed by atoms with van der Waals surface area (Å²) in [6, 6.07) is 0. The zero-order valence-corrected chi connectivity index (χ0v) is 34.0. The molecule has 0 aliphatic carbocycles. The van der Waals surface area contributed by atoms with E-state index < -0.39 is 49.4 Å². The van der Waals surface area contributed by atoms with Crippen molar-refractivity contribution in [2.24, 2.45) is 0 Å². The summed E-state index contributed by atoms with van der Waals surface area (Å²) in [5.74, 6) is -0.801. The predicted octanol–water partition coefficient (Wildman–Crippen LogP) is 9.00. The summed E-state index contributed by atoms with van der Waals surface area (Å²) >= 11 is 0. The SMILES string of the molecule is CCCCCCCCCCCCCCCCCCCCCCCC(=O)OC(COC(=O)CCCCCCCCC)COC1OC(CO)C(O)C(O)C1O. The highest BCUT2D eigenvalue weighted by molar-refractivity contribution is 5.70. The van der Waals surface area contributed by atoms with Crippen LogP contribution in [0.5, 0.6) is 0 Å². The van der Waals surface area contributed by atoms with E-state index >= 15 is 0 Å². The molecule has 1 aliphatic rings. The summed E-state index contributed by atoms with van der Waals surface area (Å²) in [5.41, 5.74) is 0. The first kappa shape index (κ1) is 49.7. The number of hydrogen-bond donors (Lipinski definition) is 4. The number of carbonyl (C=O) groups is 2. The molecule has 0 saturated carbocycles. The summed E-state index contributed by atoms with van der Waals surface area (Å²) in [5, 5.41) is 39.9. The van der Waals surface area contributed by atoms with Crippen molar-refractivity contribution in [3.8, 4) is 0 Å². The van der Waals surface area contributed by atoms with Gasteiger partial charge in [-0.15, -0.1) is 0 Å². The average Bonchev–Trinajstić information content (AvgIpc) is 3.15. The molecule has 1 aliphatic heterocycles. The maximum absolute atomic E-state index is 12.7. The first-order valence-electron chi connectivity index (χ1n) is 22.1. The fourth-order valence-electron chi connectivity index (χ4n) is 6.95. The van der Waals surface area contributed by atoms with Gasteiger partial charge in [-0.1, -0.05) is 181 Å². The van der Waals surface area contributed by atoms with Crippen LogP contribution in [0.25, 0.3) is 0 Å². The Morgan fingerprint density at radius 1 is 0.509 bits per heavy atom. The number of aliphatic hydroxyl groups is 4. The molecule has 53 heavy (non-hydrogen) atoms. The third-order valence-corrected chi connectivity index (χ3v) is 10.5. The minimum Gasteiger partial charge on any atom is -0.462 e. The van der Waals surface area contributed by atoms with Crippen LogP contribution in [0.2, 0.25) is 0 Å². The van der Waals surface area contributed by atoms with Crippen LogP contribution in [0.4, 0.5) is 0 Å². The summed E-state index contributed by atoms with van der Waals surface area (Å²) < 4.78 is 22.1. The largest absolute Gasteiger partial charge is 0.462 e. The molecule has 0 bridgehead atoms. The van der Waals surface area contributed by atoms with Crippen molar-refractivity contribution >= 4 is 11.9 Å². The lowest BCUT2D eigenvalue weighted by Gasteiger charge is -2.39. The van der Waals surface area contributed by atoms with E-state index in [4.69, 9.17) is 18.9 Å². The van der Waals surface area contributed by atoms with Crippen LogP contribution in [0, 0.1) is 0 Å². The van der Waals surface area contributed by atoms with Gasteiger partial charge >= 0.3 is 11.9 Å². The molecule has 6 unspecified atom stereocenters. The van der Waals surface area contributed by atoms with Gasteiger partial charge in [0.15, 0.2) is 12.4 Å². The summed E-state index contributed by atoms with van der Waals surface area (Å²) in [7, 11) is 0. The van der Waals surface area contributed by atoms with Crippen LogP contribution in [0.3, 0.4) is 0 Å². The first-order chi connectivity index (χ1) is 25.8. The van der Waals surface area contributed by atoms with Crippen LogP contribution in [0.1, 0.15) is 206 Å². The minimum atomic E-state index is -1.59. The van der Waals surface area contributed by atoms with Crippen molar-refractivity contribution in [1.82, 2.24) is 0 Å². The average molecular weight is 759 g/mol. The number of aliphatic hydroxyl groups excluding tert-OH is 4. The van der Waals surface area contributed by atoms with E-state index in [1.807, 2.05) is 0 Å². The molecule has 4 N–H and O–H groups in total. The Balaban J connectivity index is 2.22. The van der Waals surface area contributed by atoms with Crippen molar-refractivity contribution in [1.29, 1.82) is 0 Å². The molecule has 1 fully saturated rings. The number of carbonyl (C=O) groups excluding carboxylic acids is 2. The van der Waals surface area contributed by atoms with E-state index in [0.717, 1.165) is 44.9 Å². The highest BCUT2D eigenvalue weighted by atomic mass is 16.7. The predicted molar refractivity (Wildman–Crippen MR) is 210 cm³/mol. The van der Waals surface area contributed by atoms with Crippen LogP contribution in [0.15, 0.2) is 0 Å². The molecule has 0 aromatic rings. The normalized spacial score (nSPS) is 20.8. The van der Waals surface area contributed by atoms with Gasteiger partial charge in [-0.25, -0.2) is 0 Å². The first-order valence-corrected chi connectivity index (χ1v) is 22.1. The lowest BCUT2D eigenvalue weighted by Crippen LogP contribution is -2.59. The number of unbranched alkanes of at least 4 members (excludes halogenated alkanes) is 26. The van der Waals surface area contributed by atoms with Crippen LogP contribution < -0.4 is 0 Å². The molecule has 0 spiro atoms. The van der Waals surface area contributed by atoms with E-state index in [0.29, 0.717) is 6.42 Å². The topological polar surface area (TPSA) is 152 Å². The second-order valence-corrected chi connectivity index (χ2v) is 15.5. The molecule has 1 rings (SSSR count). The number of rotatable bonds is 37. The molecule has 0 amide bonds. The fourth-order valence-corrected chi connectivity index (χ4v) is 6.95. The van der Waals surface area contributed by atoms with Crippen molar-refractivity contribution in [2.75, 3.05) is 19.8 Å². The number of esters is 2. The molecular formula is C43H82O10. The lowest BCUT2D eigenvalue weighted by atomic mass is 9.99. The van der Waals surface area contributed by atoms with E-state index in [1.165, 1.54) is 128 Å². The Bertz CT molecular complexity index is 840. The highest BCUT2D eigenvalue weighted by Crippen LogP contribution is 2.23. The van der Waals surface area contributed by atoms with Gasteiger partial charge in [0.05, 0.1) is 13.2 Å². The van der Waals surface area contributed by atoms with Gasteiger partial charge in [0.1, 0.15) is 31.0 Å². The van der Waals surface area contributed by atoms with Gasteiger partial charge in [0.25, 0.3) is 0 Å². The maximum Gasteiger partial charge on any atom is 0.306 e. The van der Waals surface area contributed by atoms with Gasteiger partial charge in [-0.2, -0.15) is 0 Å². The molecule has 1 saturated heterocycles. The molecule has 6 atom stereocenters. The molecular weight excluding hydrogens is 676 g/mol. The van der Waals surface area contributed by atoms with Crippen LogP contribution in [-0.4, -0.2) is 89.0 Å². The molecule has 10 heteroatoms. The van der Waals surface area contributed by atoms with Crippen LogP contribution in [-0.2, 0) is 28.5 Å². The van der Waals surface area contributed by atoms with Gasteiger partial charge in [-0.3, -0.25) is 9.59 Å². The second-order valence-electron chi connectivity index (χ2n) is 15.5. The molecule has 314 valence electrons. The quantitative estimate of drug-likeness (QED) is 0.0357. The summed E-state index contributed by atoms with van der Waals surface area (Å²) in [4.78, 5) is 25.1. The number of ether oxygens (including phenoxy) is 4. The standard InChI is InChI=1S/C43H82O10/c1-3-5-7-9-11-12-13-14-15-16-17-18-19-20-21-22-23-24-26-28-30-32-39(46)52-36(34-50-38(45)31-29-27-25-10-8-6-4-2)35-51-43-42(49)41(48)40(47)37(33-44)53-43/h36-37,40-44,47-49H,3-35H2,1-2H3. The van der Waals surface area contributed by atoms with Crippen LogP contribution >= 0.6 is 0 Å². The lowest BCUT2D eigenvalue weighted by molar-refractivity contribution is -0.305. The second kappa shape index (κ2) is 35.1. The Morgan fingerprint density at radius 3 is 1.28 bits per heavy atom. The third kappa shape index (κ3) is 27.0. The Kier molecular flexibility index (Phi) is 33.0. The van der Waals surface area contributed by atoms with Gasteiger partial charge in [0.2, 0.25) is 0 Å². The van der Waals surface area contributed by atoms with Crippen molar-refractivity contribution in [3.63, 3.8) is 0 Å². The van der Waals surface area contributed by atoms with Gasteiger partial charge < -0.3 is 39.4 Å². The van der Waals surface area contributed by atoms with Gasteiger partial charge in [0, 0.05) is 12.8 Å². The monoisotopic (exact) mass is 759 g/mol. The minimum absolute atomic E-state index is 0.211. The summed E-state index contributed by atoms with van der Waals surface area (Å²) in [6.07, 6.45) is 27.1.